The highest BCUT2D eigenvalue weighted by Crippen LogP contribution is 2.58. The molecule has 2 rings (SSSR count). The minimum Gasteiger partial charge on any atom is -0.469 e. The van der Waals surface area contributed by atoms with Crippen LogP contribution in [0.25, 0.3) is 0 Å². The predicted molar refractivity (Wildman–Crippen MR) is 40.0 cm³/mol. The minimum atomic E-state index is -0.144. The summed E-state index contributed by atoms with van der Waals surface area (Å²) in [5.41, 5.74) is -0.144. The molecular weight excluding hydrogens is 142 g/mol. The zero-order valence-electron chi connectivity index (χ0n) is 6.89. The third-order valence-electron chi connectivity index (χ3n) is 3.16. The first-order valence-electron chi connectivity index (χ1n) is 4.03. The third-order valence-corrected chi connectivity index (χ3v) is 3.16. The zero-order valence-corrected chi connectivity index (χ0v) is 6.89. The second-order valence-electron chi connectivity index (χ2n) is 3.56. The summed E-state index contributed by atoms with van der Waals surface area (Å²) in [6.45, 7) is 3.04. The molecule has 0 radical (unpaired) electrons. The highest BCUT2D eigenvalue weighted by molar-refractivity contribution is 5.82. The summed E-state index contributed by atoms with van der Waals surface area (Å²) in [5, 5.41) is 3.27. The van der Waals surface area contributed by atoms with Gasteiger partial charge in [-0.15, -0.1) is 0 Å². The van der Waals surface area contributed by atoms with Gasteiger partial charge in [-0.3, -0.25) is 4.79 Å². The van der Waals surface area contributed by atoms with E-state index in [9.17, 15) is 4.79 Å². The SMILES string of the molecule is COC(=O)[C@@]12CC1CN[C@H]2C. The molecule has 3 atom stereocenters. The van der Waals surface area contributed by atoms with Crippen LogP contribution in [0.3, 0.4) is 0 Å². The van der Waals surface area contributed by atoms with Gasteiger partial charge in [0.2, 0.25) is 0 Å². The maximum atomic E-state index is 11.3. The van der Waals surface area contributed by atoms with E-state index in [4.69, 9.17) is 4.74 Å². The van der Waals surface area contributed by atoms with Crippen LogP contribution in [0.2, 0.25) is 0 Å². The van der Waals surface area contributed by atoms with Gasteiger partial charge in [-0.25, -0.2) is 0 Å². The van der Waals surface area contributed by atoms with E-state index in [1.807, 2.05) is 0 Å². The lowest BCUT2D eigenvalue weighted by molar-refractivity contribution is -0.147. The molecule has 3 nitrogen and oxygen atoms in total. The van der Waals surface area contributed by atoms with E-state index in [2.05, 4.69) is 12.2 Å². The lowest BCUT2D eigenvalue weighted by Crippen LogP contribution is -2.34. The number of hydrogen-bond acceptors (Lipinski definition) is 3. The summed E-state index contributed by atoms with van der Waals surface area (Å²) in [7, 11) is 1.47. The molecule has 0 amide bonds. The van der Waals surface area contributed by atoms with E-state index in [0.29, 0.717) is 12.0 Å². The first-order valence-corrected chi connectivity index (χ1v) is 4.03. The Morgan fingerprint density at radius 3 is 2.82 bits per heavy atom. The van der Waals surface area contributed by atoms with Crippen LogP contribution in [-0.2, 0) is 9.53 Å². The molecule has 0 aromatic heterocycles. The Bertz CT molecular complexity index is 204. The van der Waals surface area contributed by atoms with Crippen LogP contribution in [-0.4, -0.2) is 25.7 Å². The molecule has 0 aromatic carbocycles. The molecule has 1 aliphatic heterocycles. The van der Waals surface area contributed by atoms with Crippen LogP contribution in [0.1, 0.15) is 13.3 Å². The smallest absolute Gasteiger partial charge is 0.313 e. The highest BCUT2D eigenvalue weighted by atomic mass is 16.5. The van der Waals surface area contributed by atoms with Crippen molar-refractivity contribution in [2.45, 2.75) is 19.4 Å². The van der Waals surface area contributed by atoms with E-state index in [1.165, 1.54) is 7.11 Å². The molecule has 1 saturated heterocycles. The first-order chi connectivity index (χ1) is 5.21. The van der Waals surface area contributed by atoms with Crippen molar-refractivity contribution in [3.8, 4) is 0 Å². The Balaban J connectivity index is 2.18. The van der Waals surface area contributed by atoms with Gasteiger partial charge < -0.3 is 10.1 Å². The van der Waals surface area contributed by atoms with Gasteiger partial charge in [0.1, 0.15) is 0 Å². The lowest BCUT2D eigenvalue weighted by atomic mass is 9.99. The monoisotopic (exact) mass is 155 g/mol. The van der Waals surface area contributed by atoms with E-state index < -0.39 is 0 Å². The lowest BCUT2D eigenvalue weighted by Gasteiger charge is -2.16. The van der Waals surface area contributed by atoms with Gasteiger partial charge in [0.15, 0.2) is 0 Å². The summed E-state index contributed by atoms with van der Waals surface area (Å²) in [5.74, 6) is 0.518. The molecule has 1 aliphatic carbocycles. The average molecular weight is 155 g/mol. The second-order valence-corrected chi connectivity index (χ2v) is 3.56. The fourth-order valence-corrected chi connectivity index (χ4v) is 2.25. The fourth-order valence-electron chi connectivity index (χ4n) is 2.25. The fraction of sp³-hybridized carbons (Fsp3) is 0.875. The molecule has 62 valence electrons. The molecule has 0 spiro atoms. The van der Waals surface area contributed by atoms with Crippen molar-refractivity contribution in [2.24, 2.45) is 11.3 Å². The normalized spacial score (nSPS) is 46.7. The zero-order chi connectivity index (χ0) is 8.06. The van der Waals surface area contributed by atoms with Gasteiger partial charge in [0.05, 0.1) is 12.5 Å². The number of piperidine rings is 1. The van der Waals surface area contributed by atoms with Crippen LogP contribution in [0, 0.1) is 11.3 Å². The Morgan fingerprint density at radius 1 is 1.73 bits per heavy atom. The number of esters is 1. The summed E-state index contributed by atoms with van der Waals surface area (Å²) in [4.78, 5) is 11.3. The van der Waals surface area contributed by atoms with Gasteiger partial charge in [-0.1, -0.05) is 0 Å². The molecule has 2 fully saturated rings. The Morgan fingerprint density at radius 2 is 2.45 bits per heavy atom. The molecule has 11 heavy (non-hydrogen) atoms. The Kier molecular flexibility index (Phi) is 1.27. The molecule has 2 aliphatic rings. The van der Waals surface area contributed by atoms with E-state index in [0.717, 1.165) is 13.0 Å². The summed E-state index contributed by atoms with van der Waals surface area (Å²) in [6.07, 6.45) is 1.02. The average Bonchev–Trinajstić information content (AvgIpc) is 2.68. The van der Waals surface area contributed by atoms with Crippen molar-refractivity contribution >= 4 is 5.97 Å². The van der Waals surface area contributed by atoms with Crippen molar-refractivity contribution in [2.75, 3.05) is 13.7 Å². The highest BCUT2D eigenvalue weighted by Gasteiger charge is 2.67. The van der Waals surface area contributed by atoms with E-state index >= 15 is 0 Å². The van der Waals surface area contributed by atoms with E-state index in [-0.39, 0.29) is 11.4 Å². The molecule has 0 aromatic rings. The number of hydrogen-bond donors (Lipinski definition) is 1. The number of rotatable bonds is 1. The maximum absolute atomic E-state index is 11.3. The molecule has 1 N–H and O–H groups in total. The number of nitrogens with one attached hydrogen (secondary N) is 1. The topological polar surface area (TPSA) is 38.3 Å². The van der Waals surface area contributed by atoms with E-state index in [1.54, 1.807) is 0 Å². The molecule has 1 heterocycles. The number of carbonyl (C=O) groups excluding carboxylic acids is 1. The number of carbonyl (C=O) groups is 1. The van der Waals surface area contributed by atoms with Crippen LogP contribution >= 0.6 is 0 Å². The van der Waals surface area contributed by atoms with Crippen molar-refractivity contribution in [1.82, 2.24) is 5.32 Å². The number of fused-ring (bicyclic) bond motifs is 1. The van der Waals surface area contributed by atoms with Gasteiger partial charge in [-0.2, -0.15) is 0 Å². The Labute approximate surface area is 66.1 Å². The van der Waals surface area contributed by atoms with Gasteiger partial charge in [-0.05, 0) is 25.8 Å². The van der Waals surface area contributed by atoms with Crippen LogP contribution in [0.5, 0.6) is 0 Å². The Hall–Kier alpha value is -0.570. The quantitative estimate of drug-likeness (QED) is 0.548. The van der Waals surface area contributed by atoms with Gasteiger partial charge >= 0.3 is 5.97 Å². The van der Waals surface area contributed by atoms with Crippen molar-refractivity contribution in [1.29, 1.82) is 0 Å². The standard InChI is InChI=1S/C8H13NO2/c1-5-8(7(10)11-2)3-6(8)4-9-5/h5-6,9H,3-4H2,1-2H3/t5-,6?,8+/m0/s1. The number of methoxy groups -OCH3 is 1. The second kappa shape index (κ2) is 1.97. The minimum absolute atomic E-state index is 0.0278. The molecule has 1 saturated carbocycles. The molecule has 3 heteroatoms. The van der Waals surface area contributed by atoms with Gasteiger partial charge in [0, 0.05) is 6.04 Å². The third kappa shape index (κ3) is 0.692. The van der Waals surface area contributed by atoms with Crippen molar-refractivity contribution in [3.63, 3.8) is 0 Å². The van der Waals surface area contributed by atoms with Crippen LogP contribution in [0.15, 0.2) is 0 Å². The first kappa shape index (κ1) is 7.10. The van der Waals surface area contributed by atoms with Crippen LogP contribution in [0.4, 0.5) is 0 Å². The van der Waals surface area contributed by atoms with Gasteiger partial charge in [0.25, 0.3) is 0 Å². The summed E-state index contributed by atoms with van der Waals surface area (Å²) in [6, 6.07) is 0.306. The molecule has 0 bridgehead atoms. The summed E-state index contributed by atoms with van der Waals surface area (Å²) >= 11 is 0. The van der Waals surface area contributed by atoms with Crippen LogP contribution < -0.4 is 5.32 Å². The summed E-state index contributed by atoms with van der Waals surface area (Å²) < 4.78 is 4.77. The maximum Gasteiger partial charge on any atom is 0.313 e. The predicted octanol–water partition coefficient (Wildman–Crippen LogP) is 0.157. The largest absolute Gasteiger partial charge is 0.469 e. The number of ether oxygens (including phenoxy) is 1. The molecule has 1 unspecified atom stereocenters. The molecular formula is C8H13NO2. The van der Waals surface area contributed by atoms with Crippen molar-refractivity contribution in [3.05, 3.63) is 0 Å². The van der Waals surface area contributed by atoms with Crippen molar-refractivity contribution < 1.29 is 9.53 Å².